The van der Waals surface area contributed by atoms with E-state index in [-0.39, 0.29) is 18.4 Å². The van der Waals surface area contributed by atoms with Crippen LogP contribution in [0.3, 0.4) is 0 Å². The van der Waals surface area contributed by atoms with Crippen LogP contribution in [0.2, 0.25) is 0 Å². The van der Waals surface area contributed by atoms with Gasteiger partial charge in [-0.05, 0) is 56.8 Å². The summed E-state index contributed by atoms with van der Waals surface area (Å²) < 4.78 is 0. The number of carbonyl (C=O) groups is 1. The van der Waals surface area contributed by atoms with Gasteiger partial charge in [-0.15, -0.1) is 6.58 Å². The zero-order valence-corrected chi connectivity index (χ0v) is 16.6. The van der Waals surface area contributed by atoms with Gasteiger partial charge in [0.2, 0.25) is 0 Å². The van der Waals surface area contributed by atoms with E-state index in [9.17, 15) is 15.0 Å². The summed E-state index contributed by atoms with van der Waals surface area (Å²) in [5.41, 5.74) is 0.574. The number of carboxylic acids is 1. The first-order valence-corrected chi connectivity index (χ1v) is 10.5. The van der Waals surface area contributed by atoms with E-state index in [1.165, 1.54) is 5.57 Å². The van der Waals surface area contributed by atoms with E-state index < -0.39 is 11.6 Å². The molecule has 2 aliphatic rings. The Labute approximate surface area is 163 Å². The maximum absolute atomic E-state index is 10.6. The zero-order valence-electron chi connectivity index (χ0n) is 16.6. The molecule has 152 valence electrons. The first kappa shape index (κ1) is 21.9. The normalized spacial score (nSPS) is 29.5. The molecule has 0 aromatic heterocycles. The molecule has 27 heavy (non-hydrogen) atoms. The number of hydrogen-bond donors (Lipinski definition) is 3. The topological polar surface area (TPSA) is 77.8 Å². The Kier molecular flexibility index (Phi) is 8.30. The van der Waals surface area contributed by atoms with E-state index in [1.54, 1.807) is 6.08 Å². The van der Waals surface area contributed by atoms with Crippen LogP contribution < -0.4 is 0 Å². The van der Waals surface area contributed by atoms with Gasteiger partial charge in [0.1, 0.15) is 0 Å². The maximum atomic E-state index is 10.6. The molecule has 3 N–H and O–H groups in total. The molecule has 0 aromatic rings. The summed E-state index contributed by atoms with van der Waals surface area (Å²) in [6, 6.07) is 0. The van der Waals surface area contributed by atoms with Crippen LogP contribution in [0.5, 0.6) is 0 Å². The van der Waals surface area contributed by atoms with Crippen molar-refractivity contribution in [3.8, 4) is 0 Å². The highest BCUT2D eigenvalue weighted by molar-refractivity contribution is 5.66. The minimum Gasteiger partial charge on any atom is -0.481 e. The first-order valence-electron chi connectivity index (χ1n) is 10.5. The molecule has 0 heterocycles. The van der Waals surface area contributed by atoms with Crippen LogP contribution in [-0.2, 0) is 4.79 Å². The second-order valence-corrected chi connectivity index (χ2v) is 8.38. The van der Waals surface area contributed by atoms with Crippen LogP contribution in [0.15, 0.2) is 36.5 Å². The molecule has 2 rings (SSSR count). The highest BCUT2D eigenvalue weighted by Gasteiger charge is 2.43. The summed E-state index contributed by atoms with van der Waals surface area (Å²) in [6.07, 6.45) is 15.8. The number of aliphatic hydroxyl groups is 2. The SMILES string of the molecule is C=CC(O)(C/C=C/[C@@H]1[C@H]2CC(CCCCC(=O)O)=C[C@H]2C[C@H]1O)CCCC. The molecular formula is C23H36O4. The predicted octanol–water partition coefficient (Wildman–Crippen LogP) is 4.63. The fraction of sp³-hybridized carbons (Fsp3) is 0.696. The van der Waals surface area contributed by atoms with E-state index in [2.05, 4.69) is 25.7 Å². The summed E-state index contributed by atoms with van der Waals surface area (Å²) in [4.78, 5) is 10.6. The van der Waals surface area contributed by atoms with E-state index in [0.29, 0.717) is 18.3 Å². The molecule has 5 atom stereocenters. The molecule has 1 fully saturated rings. The van der Waals surface area contributed by atoms with Gasteiger partial charge in [-0.3, -0.25) is 4.79 Å². The Balaban J connectivity index is 1.85. The third kappa shape index (κ3) is 6.32. The van der Waals surface area contributed by atoms with Gasteiger partial charge < -0.3 is 15.3 Å². The van der Waals surface area contributed by atoms with E-state index in [1.807, 2.05) is 6.08 Å². The van der Waals surface area contributed by atoms with Crippen molar-refractivity contribution in [3.63, 3.8) is 0 Å². The standard InChI is InChI=1S/C23H36O4/c1-3-5-12-23(27,4-2)13-8-10-19-20-15-17(9-6-7-11-22(25)26)14-18(20)16-21(19)24/h4,8,10,14,18-21,24,27H,2-3,5-7,9,11-13,15-16H2,1H3,(H,25,26)/b10-8+/t18-,19+,20-,21+,23?/m0/s1. The van der Waals surface area contributed by atoms with Crippen molar-refractivity contribution < 1.29 is 20.1 Å². The lowest BCUT2D eigenvalue weighted by molar-refractivity contribution is -0.137. The highest BCUT2D eigenvalue weighted by atomic mass is 16.4. The van der Waals surface area contributed by atoms with Crippen molar-refractivity contribution >= 4 is 5.97 Å². The lowest BCUT2D eigenvalue weighted by Gasteiger charge is -2.23. The largest absolute Gasteiger partial charge is 0.481 e. The van der Waals surface area contributed by atoms with Crippen LogP contribution in [0.4, 0.5) is 0 Å². The number of rotatable bonds is 12. The summed E-state index contributed by atoms with van der Waals surface area (Å²) in [6.45, 7) is 5.89. The number of aliphatic carboxylic acids is 1. The minimum absolute atomic E-state index is 0.142. The van der Waals surface area contributed by atoms with E-state index in [0.717, 1.165) is 51.4 Å². The summed E-state index contributed by atoms with van der Waals surface area (Å²) >= 11 is 0. The lowest BCUT2D eigenvalue weighted by Crippen LogP contribution is -2.24. The summed E-state index contributed by atoms with van der Waals surface area (Å²) in [7, 11) is 0. The molecule has 0 spiro atoms. The Hall–Kier alpha value is -1.39. The van der Waals surface area contributed by atoms with Crippen molar-refractivity contribution in [2.45, 2.75) is 82.8 Å². The Morgan fingerprint density at radius 2 is 2.15 bits per heavy atom. The van der Waals surface area contributed by atoms with Gasteiger partial charge in [0.25, 0.3) is 0 Å². The van der Waals surface area contributed by atoms with Crippen molar-refractivity contribution in [2.24, 2.45) is 17.8 Å². The van der Waals surface area contributed by atoms with Crippen molar-refractivity contribution in [1.82, 2.24) is 0 Å². The molecule has 1 saturated carbocycles. The van der Waals surface area contributed by atoms with Gasteiger partial charge in [-0.25, -0.2) is 0 Å². The van der Waals surface area contributed by atoms with Crippen molar-refractivity contribution in [1.29, 1.82) is 0 Å². The van der Waals surface area contributed by atoms with Gasteiger partial charge in [-0.2, -0.15) is 0 Å². The van der Waals surface area contributed by atoms with Crippen LogP contribution in [-0.4, -0.2) is 33.0 Å². The Morgan fingerprint density at radius 3 is 2.81 bits per heavy atom. The summed E-state index contributed by atoms with van der Waals surface area (Å²) in [5, 5.41) is 29.8. The molecule has 0 radical (unpaired) electrons. The van der Waals surface area contributed by atoms with Crippen LogP contribution in [0.25, 0.3) is 0 Å². The number of unbranched alkanes of at least 4 members (excludes halogenated alkanes) is 2. The molecular weight excluding hydrogens is 340 g/mol. The predicted molar refractivity (Wildman–Crippen MR) is 108 cm³/mol. The molecule has 4 nitrogen and oxygen atoms in total. The molecule has 0 aromatic carbocycles. The number of hydrogen-bond acceptors (Lipinski definition) is 3. The van der Waals surface area contributed by atoms with Crippen molar-refractivity contribution in [2.75, 3.05) is 0 Å². The van der Waals surface area contributed by atoms with E-state index >= 15 is 0 Å². The second-order valence-electron chi connectivity index (χ2n) is 8.38. The van der Waals surface area contributed by atoms with Gasteiger partial charge in [0.05, 0.1) is 11.7 Å². The number of aliphatic hydroxyl groups excluding tert-OH is 1. The molecule has 2 aliphatic carbocycles. The number of fused-ring (bicyclic) bond motifs is 1. The molecule has 1 unspecified atom stereocenters. The lowest BCUT2D eigenvalue weighted by atomic mass is 9.87. The quantitative estimate of drug-likeness (QED) is 0.343. The highest BCUT2D eigenvalue weighted by Crippen LogP contribution is 2.48. The summed E-state index contributed by atoms with van der Waals surface area (Å²) in [5.74, 6) is 0.294. The molecule has 0 aliphatic heterocycles. The van der Waals surface area contributed by atoms with Crippen molar-refractivity contribution in [3.05, 3.63) is 36.5 Å². The minimum atomic E-state index is -0.849. The fourth-order valence-electron chi connectivity index (χ4n) is 4.62. The third-order valence-electron chi connectivity index (χ3n) is 6.26. The van der Waals surface area contributed by atoms with Crippen LogP contribution in [0.1, 0.15) is 71.1 Å². The number of carboxylic acid groups (broad SMARTS) is 1. The Morgan fingerprint density at radius 1 is 1.37 bits per heavy atom. The third-order valence-corrected chi connectivity index (χ3v) is 6.26. The average molecular weight is 377 g/mol. The molecule has 0 bridgehead atoms. The second kappa shape index (κ2) is 10.2. The van der Waals surface area contributed by atoms with Crippen LogP contribution in [0, 0.1) is 17.8 Å². The molecule has 4 heteroatoms. The molecule has 0 amide bonds. The van der Waals surface area contributed by atoms with Crippen LogP contribution >= 0.6 is 0 Å². The first-order chi connectivity index (χ1) is 12.9. The van der Waals surface area contributed by atoms with E-state index in [4.69, 9.17) is 5.11 Å². The molecule has 0 saturated heterocycles. The average Bonchev–Trinajstić information content (AvgIpc) is 3.14. The Bertz CT molecular complexity index is 565. The fourth-order valence-corrected chi connectivity index (χ4v) is 4.62. The van der Waals surface area contributed by atoms with Gasteiger partial charge in [-0.1, -0.05) is 49.6 Å². The number of allylic oxidation sites excluding steroid dienone is 2. The van der Waals surface area contributed by atoms with Gasteiger partial charge >= 0.3 is 5.97 Å². The monoisotopic (exact) mass is 376 g/mol. The van der Waals surface area contributed by atoms with Gasteiger partial charge in [0, 0.05) is 12.3 Å². The maximum Gasteiger partial charge on any atom is 0.303 e. The zero-order chi connectivity index (χ0) is 19.9. The van der Waals surface area contributed by atoms with Gasteiger partial charge in [0.15, 0.2) is 0 Å². The smallest absolute Gasteiger partial charge is 0.303 e.